The Morgan fingerprint density at radius 3 is 2.63 bits per heavy atom. The van der Waals surface area contributed by atoms with Crippen LogP contribution < -0.4 is 10.1 Å². The van der Waals surface area contributed by atoms with Crippen molar-refractivity contribution in [2.45, 2.75) is 33.4 Å². The van der Waals surface area contributed by atoms with Gasteiger partial charge in [0.1, 0.15) is 18.2 Å². The van der Waals surface area contributed by atoms with Gasteiger partial charge in [0.15, 0.2) is 0 Å². The molecule has 0 saturated carbocycles. The maximum absolute atomic E-state index is 12.0. The Labute approximate surface area is 159 Å². The molecule has 0 radical (unpaired) electrons. The van der Waals surface area contributed by atoms with Gasteiger partial charge in [-0.2, -0.15) is 0 Å². The van der Waals surface area contributed by atoms with E-state index in [-0.39, 0.29) is 11.9 Å². The van der Waals surface area contributed by atoms with Crippen LogP contribution in [0.5, 0.6) is 5.75 Å². The van der Waals surface area contributed by atoms with E-state index < -0.39 is 0 Å². The van der Waals surface area contributed by atoms with E-state index in [0.29, 0.717) is 18.7 Å². The number of benzene rings is 2. The second-order valence-corrected chi connectivity index (χ2v) is 6.75. The summed E-state index contributed by atoms with van der Waals surface area (Å²) >= 11 is 0. The number of ether oxygens (including phenoxy) is 1. The SMILES string of the molecule is C=C(C)C(=O)NC(C)c1nc2ccccc2n1CCOc1ccc(C)cc1. The van der Waals surface area contributed by atoms with Crippen LogP contribution >= 0.6 is 0 Å². The summed E-state index contributed by atoms with van der Waals surface area (Å²) in [7, 11) is 0. The summed E-state index contributed by atoms with van der Waals surface area (Å²) in [6, 6.07) is 15.7. The Balaban J connectivity index is 1.80. The van der Waals surface area contributed by atoms with Crippen LogP contribution in [0.1, 0.15) is 31.3 Å². The number of carbonyl (C=O) groups is 1. The summed E-state index contributed by atoms with van der Waals surface area (Å²) in [5.41, 5.74) is 3.61. The molecule has 140 valence electrons. The minimum absolute atomic E-state index is 0.169. The first-order valence-electron chi connectivity index (χ1n) is 9.06. The number of aryl methyl sites for hydroxylation is 1. The lowest BCUT2D eigenvalue weighted by Crippen LogP contribution is -2.29. The predicted molar refractivity (Wildman–Crippen MR) is 108 cm³/mol. The molecule has 0 aliphatic rings. The third kappa shape index (κ3) is 4.37. The monoisotopic (exact) mass is 363 g/mol. The van der Waals surface area contributed by atoms with Crippen molar-refractivity contribution in [3.8, 4) is 5.75 Å². The lowest BCUT2D eigenvalue weighted by Gasteiger charge is -2.17. The van der Waals surface area contributed by atoms with Crippen molar-refractivity contribution in [3.63, 3.8) is 0 Å². The first-order valence-corrected chi connectivity index (χ1v) is 9.06. The molecule has 1 amide bonds. The molecule has 3 aromatic rings. The summed E-state index contributed by atoms with van der Waals surface area (Å²) in [6.07, 6.45) is 0. The summed E-state index contributed by atoms with van der Waals surface area (Å²) in [6.45, 7) is 10.5. The van der Waals surface area contributed by atoms with Crippen molar-refractivity contribution in [1.29, 1.82) is 0 Å². The number of fused-ring (bicyclic) bond motifs is 1. The Bertz CT molecular complexity index is 957. The van der Waals surface area contributed by atoms with Gasteiger partial charge in [0.2, 0.25) is 5.91 Å². The summed E-state index contributed by atoms with van der Waals surface area (Å²) < 4.78 is 7.99. The van der Waals surface area contributed by atoms with E-state index in [1.165, 1.54) is 5.56 Å². The molecule has 0 bridgehead atoms. The number of rotatable bonds is 7. The highest BCUT2D eigenvalue weighted by atomic mass is 16.5. The zero-order valence-corrected chi connectivity index (χ0v) is 16.0. The van der Waals surface area contributed by atoms with Crippen LogP contribution in [0.2, 0.25) is 0 Å². The number of aromatic nitrogens is 2. The number of hydrogen-bond donors (Lipinski definition) is 1. The molecule has 27 heavy (non-hydrogen) atoms. The van der Waals surface area contributed by atoms with Gasteiger partial charge in [-0.05, 0) is 45.0 Å². The molecule has 1 atom stereocenters. The Kier molecular flexibility index (Phi) is 5.60. The lowest BCUT2D eigenvalue weighted by atomic mass is 10.2. The lowest BCUT2D eigenvalue weighted by molar-refractivity contribution is -0.118. The molecular weight excluding hydrogens is 338 g/mol. The first-order chi connectivity index (χ1) is 13.0. The van der Waals surface area contributed by atoms with Crippen molar-refractivity contribution in [1.82, 2.24) is 14.9 Å². The van der Waals surface area contributed by atoms with Crippen LogP contribution in [0.15, 0.2) is 60.7 Å². The molecule has 1 aromatic heterocycles. The third-order valence-electron chi connectivity index (χ3n) is 4.41. The maximum atomic E-state index is 12.0. The van der Waals surface area contributed by atoms with Gasteiger partial charge in [0, 0.05) is 5.57 Å². The zero-order valence-electron chi connectivity index (χ0n) is 16.0. The smallest absolute Gasteiger partial charge is 0.246 e. The second kappa shape index (κ2) is 8.08. The van der Waals surface area contributed by atoms with E-state index in [9.17, 15) is 4.79 Å². The quantitative estimate of drug-likeness (QED) is 0.641. The zero-order chi connectivity index (χ0) is 19.4. The summed E-state index contributed by atoms with van der Waals surface area (Å²) in [5, 5.41) is 2.95. The standard InChI is InChI=1S/C22H25N3O2/c1-15(2)22(26)23-17(4)21-24-19-7-5-6-8-20(19)25(21)13-14-27-18-11-9-16(3)10-12-18/h5-12,17H,1,13-14H2,2-4H3,(H,23,26). The molecule has 1 unspecified atom stereocenters. The molecule has 0 aliphatic heterocycles. The fraction of sp³-hybridized carbons (Fsp3) is 0.273. The molecular formula is C22H25N3O2. The van der Waals surface area contributed by atoms with Gasteiger partial charge in [-0.25, -0.2) is 4.98 Å². The number of para-hydroxylation sites is 2. The molecule has 0 spiro atoms. The van der Waals surface area contributed by atoms with E-state index in [0.717, 1.165) is 22.6 Å². The van der Waals surface area contributed by atoms with Crippen LogP contribution in [-0.2, 0) is 11.3 Å². The van der Waals surface area contributed by atoms with Crippen LogP contribution in [0.25, 0.3) is 11.0 Å². The number of imidazole rings is 1. The fourth-order valence-electron chi connectivity index (χ4n) is 2.93. The summed E-state index contributed by atoms with van der Waals surface area (Å²) in [4.78, 5) is 16.7. The van der Waals surface area contributed by atoms with Crippen LogP contribution in [0, 0.1) is 6.92 Å². The molecule has 1 heterocycles. The van der Waals surface area contributed by atoms with E-state index >= 15 is 0 Å². The van der Waals surface area contributed by atoms with Gasteiger partial charge >= 0.3 is 0 Å². The van der Waals surface area contributed by atoms with Gasteiger partial charge < -0.3 is 14.6 Å². The number of amides is 1. The fourth-order valence-corrected chi connectivity index (χ4v) is 2.93. The molecule has 1 N–H and O–H groups in total. The van der Waals surface area contributed by atoms with E-state index in [1.54, 1.807) is 6.92 Å². The van der Waals surface area contributed by atoms with Gasteiger partial charge in [0.25, 0.3) is 0 Å². The van der Waals surface area contributed by atoms with Crippen molar-refractivity contribution >= 4 is 16.9 Å². The molecule has 3 rings (SSSR count). The van der Waals surface area contributed by atoms with Gasteiger partial charge in [-0.15, -0.1) is 0 Å². The predicted octanol–water partition coefficient (Wildman–Crippen LogP) is 4.18. The van der Waals surface area contributed by atoms with Crippen molar-refractivity contribution in [2.24, 2.45) is 0 Å². The van der Waals surface area contributed by atoms with Crippen molar-refractivity contribution in [3.05, 3.63) is 72.1 Å². The molecule has 5 heteroatoms. The largest absolute Gasteiger partial charge is 0.492 e. The van der Waals surface area contributed by atoms with Crippen molar-refractivity contribution < 1.29 is 9.53 Å². The normalized spacial score (nSPS) is 12.0. The molecule has 5 nitrogen and oxygen atoms in total. The third-order valence-corrected chi connectivity index (χ3v) is 4.41. The number of carbonyl (C=O) groups excluding carboxylic acids is 1. The highest BCUT2D eigenvalue weighted by molar-refractivity contribution is 5.92. The van der Waals surface area contributed by atoms with Crippen LogP contribution in [0.4, 0.5) is 0 Å². The van der Waals surface area contributed by atoms with Crippen LogP contribution in [-0.4, -0.2) is 22.1 Å². The molecule has 0 saturated heterocycles. The van der Waals surface area contributed by atoms with Gasteiger partial charge in [-0.3, -0.25) is 4.79 Å². The number of nitrogens with one attached hydrogen (secondary N) is 1. The Hall–Kier alpha value is -3.08. The Morgan fingerprint density at radius 2 is 1.93 bits per heavy atom. The van der Waals surface area contributed by atoms with E-state index in [2.05, 4.69) is 16.5 Å². The van der Waals surface area contributed by atoms with E-state index in [1.807, 2.05) is 62.4 Å². The minimum Gasteiger partial charge on any atom is -0.492 e. The first kappa shape index (κ1) is 18.7. The van der Waals surface area contributed by atoms with Crippen LogP contribution in [0.3, 0.4) is 0 Å². The average Bonchev–Trinajstić information content (AvgIpc) is 3.02. The van der Waals surface area contributed by atoms with E-state index in [4.69, 9.17) is 9.72 Å². The number of nitrogens with zero attached hydrogens (tertiary/aromatic N) is 2. The number of hydrogen-bond acceptors (Lipinski definition) is 3. The molecule has 0 fully saturated rings. The topological polar surface area (TPSA) is 56.2 Å². The minimum atomic E-state index is -0.235. The van der Waals surface area contributed by atoms with Crippen molar-refractivity contribution in [2.75, 3.05) is 6.61 Å². The average molecular weight is 363 g/mol. The maximum Gasteiger partial charge on any atom is 0.246 e. The van der Waals surface area contributed by atoms with Gasteiger partial charge in [-0.1, -0.05) is 36.4 Å². The molecule has 0 aliphatic carbocycles. The highest BCUT2D eigenvalue weighted by Crippen LogP contribution is 2.21. The highest BCUT2D eigenvalue weighted by Gasteiger charge is 2.18. The van der Waals surface area contributed by atoms with Gasteiger partial charge in [0.05, 0.1) is 23.6 Å². The Morgan fingerprint density at radius 1 is 1.22 bits per heavy atom. The second-order valence-electron chi connectivity index (χ2n) is 6.75. The molecule has 2 aromatic carbocycles. The summed E-state index contributed by atoms with van der Waals surface area (Å²) in [5.74, 6) is 1.48.